The number of nitrogens with zero attached hydrogens (tertiary/aromatic N) is 3. The van der Waals surface area contributed by atoms with Gasteiger partial charge in [0.2, 0.25) is 0 Å². The van der Waals surface area contributed by atoms with E-state index in [1.165, 1.54) is 12.1 Å². The first kappa shape index (κ1) is 20.8. The van der Waals surface area contributed by atoms with E-state index in [0.29, 0.717) is 11.6 Å². The number of fused-ring (bicyclic) bond motifs is 1. The molecule has 0 amide bonds. The minimum atomic E-state index is -0.243. The number of piperidine rings is 1. The second-order valence-corrected chi connectivity index (χ2v) is 8.32. The molecule has 1 N–H and O–H groups in total. The van der Waals surface area contributed by atoms with E-state index in [9.17, 15) is 4.39 Å². The first-order valence-corrected chi connectivity index (χ1v) is 10.5. The lowest BCUT2D eigenvalue weighted by Crippen LogP contribution is -2.43. The second kappa shape index (κ2) is 8.73. The van der Waals surface area contributed by atoms with Crippen LogP contribution in [0, 0.1) is 17.1 Å². The quantitative estimate of drug-likeness (QED) is 0.617. The van der Waals surface area contributed by atoms with Crippen molar-refractivity contribution in [3.8, 4) is 6.07 Å². The van der Waals surface area contributed by atoms with Gasteiger partial charge in [0.15, 0.2) is 0 Å². The van der Waals surface area contributed by atoms with E-state index in [1.54, 1.807) is 10.9 Å². The minimum Gasteiger partial charge on any atom is -0.373 e. The average Bonchev–Trinajstić information content (AvgIpc) is 3.15. The van der Waals surface area contributed by atoms with Crippen LogP contribution in [0.2, 0.25) is 5.02 Å². The van der Waals surface area contributed by atoms with Gasteiger partial charge in [-0.1, -0.05) is 23.7 Å². The summed E-state index contributed by atoms with van der Waals surface area (Å²) in [5.74, 6) is -0.232. The number of halogens is 2. The Balaban J connectivity index is 1.63. The Morgan fingerprint density at radius 1 is 1.30 bits per heavy atom. The second-order valence-electron chi connectivity index (χ2n) is 7.88. The third-order valence-electron chi connectivity index (χ3n) is 6.01. The SMILES string of the molecule is C[C@@H](OCC1(c2ccc(F)cc2)CCNCC1)c1cc(Cl)cc2cnn(CC#N)c12. The van der Waals surface area contributed by atoms with Gasteiger partial charge >= 0.3 is 0 Å². The fraction of sp³-hybridized carbons (Fsp3) is 0.391. The molecule has 7 heteroatoms. The van der Waals surface area contributed by atoms with Crippen LogP contribution in [0.4, 0.5) is 4.39 Å². The standard InChI is InChI=1S/C23H24ClFN4O/c1-16(21-13-19(24)12-17-14-28-29(11-8-26)22(17)21)30-15-23(6-9-27-10-7-23)18-2-4-20(25)5-3-18/h2-5,12-14,16,27H,6-7,9-11,15H2,1H3/t16-/m1/s1. The maximum Gasteiger partial charge on any atom is 0.128 e. The predicted octanol–water partition coefficient (Wildman–Crippen LogP) is 4.75. The molecule has 0 bridgehead atoms. The van der Waals surface area contributed by atoms with Crippen LogP contribution >= 0.6 is 11.6 Å². The highest BCUT2D eigenvalue weighted by atomic mass is 35.5. The molecule has 1 atom stereocenters. The third-order valence-corrected chi connectivity index (χ3v) is 6.23. The Morgan fingerprint density at radius 2 is 2.03 bits per heavy atom. The van der Waals surface area contributed by atoms with Crippen LogP contribution in [0.5, 0.6) is 0 Å². The Morgan fingerprint density at radius 3 is 2.73 bits per heavy atom. The van der Waals surface area contributed by atoms with Gasteiger partial charge in [-0.25, -0.2) is 4.39 Å². The molecule has 5 nitrogen and oxygen atoms in total. The molecule has 30 heavy (non-hydrogen) atoms. The van der Waals surface area contributed by atoms with Crippen molar-refractivity contribution < 1.29 is 9.13 Å². The lowest BCUT2D eigenvalue weighted by molar-refractivity contribution is 0.0171. The maximum absolute atomic E-state index is 13.5. The molecule has 2 aromatic carbocycles. The summed E-state index contributed by atoms with van der Waals surface area (Å²) in [6.07, 6.45) is 3.32. The van der Waals surface area contributed by atoms with Crippen molar-refractivity contribution in [1.82, 2.24) is 15.1 Å². The highest BCUT2D eigenvalue weighted by Crippen LogP contribution is 2.37. The van der Waals surface area contributed by atoms with Crippen LogP contribution in [0.25, 0.3) is 10.9 Å². The van der Waals surface area contributed by atoms with Gasteiger partial charge in [-0.3, -0.25) is 4.68 Å². The van der Waals surface area contributed by atoms with Gasteiger partial charge in [0, 0.05) is 21.4 Å². The highest BCUT2D eigenvalue weighted by Gasteiger charge is 2.35. The zero-order chi connectivity index (χ0) is 21.1. The van der Waals surface area contributed by atoms with Crippen molar-refractivity contribution in [1.29, 1.82) is 5.26 Å². The number of hydrogen-bond acceptors (Lipinski definition) is 4. The summed E-state index contributed by atoms with van der Waals surface area (Å²) in [7, 11) is 0. The van der Waals surface area contributed by atoms with Gasteiger partial charge in [-0.2, -0.15) is 10.4 Å². The van der Waals surface area contributed by atoms with Gasteiger partial charge < -0.3 is 10.1 Å². The molecule has 1 aromatic heterocycles. The largest absolute Gasteiger partial charge is 0.373 e. The third kappa shape index (κ3) is 4.06. The number of ether oxygens (including phenoxy) is 1. The van der Waals surface area contributed by atoms with Crippen molar-refractivity contribution in [2.24, 2.45) is 0 Å². The normalized spacial score (nSPS) is 17.0. The molecule has 1 fully saturated rings. The van der Waals surface area contributed by atoms with Crippen molar-refractivity contribution >= 4 is 22.5 Å². The van der Waals surface area contributed by atoms with Gasteiger partial charge in [0.1, 0.15) is 12.4 Å². The van der Waals surface area contributed by atoms with Gasteiger partial charge in [0.05, 0.1) is 30.5 Å². The zero-order valence-electron chi connectivity index (χ0n) is 16.9. The van der Waals surface area contributed by atoms with E-state index < -0.39 is 0 Å². The molecular weight excluding hydrogens is 403 g/mol. The van der Waals surface area contributed by atoms with Gasteiger partial charge in [-0.15, -0.1) is 0 Å². The molecule has 0 saturated carbocycles. The molecule has 1 aliphatic rings. The molecule has 156 valence electrons. The van der Waals surface area contributed by atoms with Gasteiger partial charge in [-0.05, 0) is 62.7 Å². The molecule has 3 aromatic rings. The van der Waals surface area contributed by atoms with E-state index in [2.05, 4.69) is 16.5 Å². The summed E-state index contributed by atoms with van der Waals surface area (Å²) in [4.78, 5) is 0. The van der Waals surface area contributed by atoms with Crippen LogP contribution in [-0.4, -0.2) is 29.5 Å². The predicted molar refractivity (Wildman–Crippen MR) is 115 cm³/mol. The van der Waals surface area contributed by atoms with E-state index >= 15 is 0 Å². The van der Waals surface area contributed by atoms with Crippen molar-refractivity contribution in [3.05, 3.63) is 64.6 Å². The van der Waals surface area contributed by atoms with E-state index in [4.69, 9.17) is 21.6 Å². The smallest absolute Gasteiger partial charge is 0.128 e. The van der Waals surface area contributed by atoms with Crippen LogP contribution in [0.3, 0.4) is 0 Å². The summed E-state index contributed by atoms with van der Waals surface area (Å²) in [6, 6.07) is 12.7. The van der Waals surface area contributed by atoms with Crippen LogP contribution < -0.4 is 5.32 Å². The topological polar surface area (TPSA) is 62.9 Å². The first-order chi connectivity index (χ1) is 14.5. The van der Waals surface area contributed by atoms with Crippen LogP contribution in [-0.2, 0) is 16.7 Å². The number of aromatic nitrogens is 2. The fourth-order valence-corrected chi connectivity index (χ4v) is 4.56. The maximum atomic E-state index is 13.5. The average molecular weight is 427 g/mol. The zero-order valence-corrected chi connectivity index (χ0v) is 17.6. The van der Waals surface area contributed by atoms with Gasteiger partial charge in [0.25, 0.3) is 0 Å². The van der Waals surface area contributed by atoms with Crippen LogP contribution in [0.15, 0.2) is 42.6 Å². The van der Waals surface area contributed by atoms with Crippen molar-refractivity contribution in [2.45, 2.75) is 37.8 Å². The highest BCUT2D eigenvalue weighted by molar-refractivity contribution is 6.31. The lowest BCUT2D eigenvalue weighted by atomic mass is 9.74. The Bertz CT molecular complexity index is 1070. The first-order valence-electron chi connectivity index (χ1n) is 10.1. The number of benzene rings is 2. The van der Waals surface area contributed by atoms with E-state index in [1.807, 2.05) is 31.2 Å². The summed E-state index contributed by atoms with van der Waals surface area (Å²) in [6.45, 7) is 4.46. The summed E-state index contributed by atoms with van der Waals surface area (Å²) in [5, 5.41) is 18.4. The van der Waals surface area contributed by atoms with Crippen molar-refractivity contribution in [3.63, 3.8) is 0 Å². The van der Waals surface area contributed by atoms with Crippen LogP contribution in [0.1, 0.15) is 37.0 Å². The molecular formula is C23H24ClFN4O. The minimum absolute atomic E-state index is 0.163. The molecule has 0 aliphatic carbocycles. The molecule has 0 spiro atoms. The lowest BCUT2D eigenvalue weighted by Gasteiger charge is -2.39. The Kier molecular flexibility index (Phi) is 6.05. The Labute approximate surface area is 180 Å². The number of hydrogen-bond donors (Lipinski definition) is 1. The molecule has 1 aliphatic heterocycles. The molecule has 4 rings (SSSR count). The summed E-state index contributed by atoms with van der Waals surface area (Å²) < 4.78 is 21.6. The van der Waals surface area contributed by atoms with Crippen molar-refractivity contribution in [2.75, 3.05) is 19.7 Å². The molecule has 2 heterocycles. The molecule has 0 unspecified atom stereocenters. The van der Waals surface area contributed by atoms with E-state index in [-0.39, 0.29) is 23.9 Å². The number of rotatable bonds is 6. The fourth-order valence-electron chi connectivity index (χ4n) is 4.32. The molecule has 0 radical (unpaired) electrons. The Hall–Kier alpha value is -2.46. The molecule has 1 saturated heterocycles. The summed E-state index contributed by atoms with van der Waals surface area (Å²) >= 11 is 6.34. The van der Waals surface area contributed by atoms with E-state index in [0.717, 1.165) is 48.0 Å². The monoisotopic (exact) mass is 426 g/mol. The number of nitrogens with one attached hydrogen (secondary N) is 1. The summed E-state index contributed by atoms with van der Waals surface area (Å²) in [5.41, 5.74) is 2.71. The number of nitriles is 1.